The molecule has 0 fully saturated rings. The Hall–Kier alpha value is -3.68. The average molecular weight is 390 g/mol. The number of aromatic nitrogens is 5. The molecule has 148 valence electrons. The fourth-order valence-corrected chi connectivity index (χ4v) is 3.25. The van der Waals surface area contributed by atoms with Crippen LogP contribution in [-0.2, 0) is 7.05 Å². The number of aromatic amines is 1. The van der Waals surface area contributed by atoms with Crippen LogP contribution in [0.5, 0.6) is 0 Å². The molecule has 1 atom stereocenters. The molecule has 8 nitrogen and oxygen atoms in total. The van der Waals surface area contributed by atoms with Crippen molar-refractivity contribution in [3.05, 3.63) is 70.3 Å². The van der Waals surface area contributed by atoms with Gasteiger partial charge in [0.2, 0.25) is 11.5 Å². The molecule has 0 radical (unpaired) electrons. The molecule has 0 saturated carbocycles. The number of nitrogens with one attached hydrogen (secondary N) is 1. The van der Waals surface area contributed by atoms with Gasteiger partial charge < -0.3 is 14.4 Å². The van der Waals surface area contributed by atoms with Gasteiger partial charge in [0, 0.05) is 43.6 Å². The van der Waals surface area contributed by atoms with Crippen molar-refractivity contribution >= 4 is 5.95 Å². The largest absolute Gasteiger partial charge is 0.356 e. The lowest BCUT2D eigenvalue weighted by atomic mass is 10.1. The molecule has 3 heterocycles. The van der Waals surface area contributed by atoms with Crippen molar-refractivity contribution in [1.82, 2.24) is 24.9 Å². The molecule has 8 heteroatoms. The minimum atomic E-state index is -0.181. The van der Waals surface area contributed by atoms with Gasteiger partial charge in [-0.15, -0.1) is 10.2 Å². The number of rotatable bonds is 5. The number of hydrogen-bond acceptors (Lipinski definition) is 6. The van der Waals surface area contributed by atoms with Gasteiger partial charge in [0.05, 0.1) is 6.04 Å². The van der Waals surface area contributed by atoms with Crippen molar-refractivity contribution in [2.24, 2.45) is 7.05 Å². The molecule has 0 unspecified atom stereocenters. The summed E-state index contributed by atoms with van der Waals surface area (Å²) >= 11 is 0. The van der Waals surface area contributed by atoms with Gasteiger partial charge in [-0.25, -0.2) is 0 Å². The molecular formula is C21H22N6O2. The number of hydrogen-bond donors (Lipinski definition) is 1. The van der Waals surface area contributed by atoms with Gasteiger partial charge in [-0.3, -0.25) is 9.36 Å². The van der Waals surface area contributed by atoms with E-state index in [1.54, 1.807) is 12.3 Å². The maximum Gasteiger partial charge on any atom is 0.248 e. The topological polar surface area (TPSA) is 92.8 Å². The zero-order chi connectivity index (χ0) is 20.5. The molecule has 1 N–H and O–H groups in total. The summed E-state index contributed by atoms with van der Waals surface area (Å²) in [6.45, 7) is 4.07. The summed E-state index contributed by atoms with van der Waals surface area (Å²) < 4.78 is 7.43. The van der Waals surface area contributed by atoms with Crippen LogP contribution in [0.2, 0.25) is 0 Å². The van der Waals surface area contributed by atoms with Crippen LogP contribution in [0.4, 0.5) is 5.95 Å². The van der Waals surface area contributed by atoms with Crippen molar-refractivity contribution in [2.75, 3.05) is 11.9 Å². The van der Waals surface area contributed by atoms with E-state index in [9.17, 15) is 4.79 Å². The molecule has 0 aliphatic heterocycles. The summed E-state index contributed by atoms with van der Waals surface area (Å²) in [5.74, 6) is 2.00. The molecule has 0 amide bonds. The van der Waals surface area contributed by atoms with Crippen molar-refractivity contribution in [2.45, 2.75) is 19.9 Å². The third kappa shape index (κ3) is 3.56. The molecule has 1 aromatic carbocycles. The fourth-order valence-electron chi connectivity index (χ4n) is 3.25. The Balaban J connectivity index is 1.60. The molecular weight excluding hydrogens is 368 g/mol. The van der Waals surface area contributed by atoms with Gasteiger partial charge >= 0.3 is 0 Å². The molecule has 0 aliphatic rings. The van der Waals surface area contributed by atoms with Gasteiger partial charge in [-0.2, -0.15) is 0 Å². The molecule has 0 saturated heterocycles. The second-order valence-corrected chi connectivity index (χ2v) is 7.10. The Labute approximate surface area is 167 Å². The SMILES string of the molecule is Cc1cccc(-c2cc([C@H](C)N(C)c3nnc(-c4cc[nH]c(=O)c4)n3C)no2)c1. The van der Waals surface area contributed by atoms with E-state index in [0.717, 1.165) is 22.6 Å². The third-order valence-electron chi connectivity index (χ3n) is 5.04. The second-order valence-electron chi connectivity index (χ2n) is 7.10. The first-order chi connectivity index (χ1) is 13.9. The van der Waals surface area contributed by atoms with Crippen LogP contribution in [0.25, 0.3) is 22.7 Å². The van der Waals surface area contributed by atoms with E-state index >= 15 is 0 Å². The van der Waals surface area contributed by atoms with Crippen LogP contribution in [0, 0.1) is 6.92 Å². The van der Waals surface area contributed by atoms with E-state index in [-0.39, 0.29) is 11.6 Å². The number of benzene rings is 1. The maximum atomic E-state index is 11.6. The van der Waals surface area contributed by atoms with E-state index in [4.69, 9.17) is 4.52 Å². The van der Waals surface area contributed by atoms with Crippen LogP contribution in [-0.4, -0.2) is 32.0 Å². The summed E-state index contributed by atoms with van der Waals surface area (Å²) in [4.78, 5) is 16.2. The average Bonchev–Trinajstić information content (AvgIpc) is 3.34. The lowest BCUT2D eigenvalue weighted by molar-refractivity contribution is 0.417. The number of anilines is 1. The maximum absolute atomic E-state index is 11.6. The van der Waals surface area contributed by atoms with Crippen LogP contribution in [0.1, 0.15) is 24.2 Å². The highest BCUT2D eigenvalue weighted by molar-refractivity contribution is 5.59. The van der Waals surface area contributed by atoms with Gasteiger partial charge in [0.15, 0.2) is 11.6 Å². The lowest BCUT2D eigenvalue weighted by Gasteiger charge is -2.23. The smallest absolute Gasteiger partial charge is 0.248 e. The number of H-pyrrole nitrogens is 1. The van der Waals surface area contributed by atoms with Gasteiger partial charge in [-0.05, 0) is 26.0 Å². The fraction of sp³-hybridized carbons (Fsp3) is 0.238. The first kappa shape index (κ1) is 18.7. The number of pyridine rings is 1. The highest BCUT2D eigenvalue weighted by Gasteiger charge is 2.22. The predicted octanol–water partition coefficient (Wildman–Crippen LogP) is 3.33. The van der Waals surface area contributed by atoms with Crippen molar-refractivity contribution in [3.63, 3.8) is 0 Å². The highest BCUT2D eigenvalue weighted by atomic mass is 16.5. The van der Waals surface area contributed by atoms with Crippen LogP contribution in [0.15, 0.2) is 58.0 Å². The Morgan fingerprint density at radius 1 is 1.14 bits per heavy atom. The van der Waals surface area contributed by atoms with Crippen LogP contribution in [0.3, 0.4) is 0 Å². The summed E-state index contributed by atoms with van der Waals surface area (Å²) in [6, 6.07) is 13.3. The van der Waals surface area contributed by atoms with Gasteiger partial charge in [0.25, 0.3) is 0 Å². The van der Waals surface area contributed by atoms with E-state index in [0.29, 0.717) is 17.3 Å². The van der Waals surface area contributed by atoms with Crippen LogP contribution < -0.4 is 10.5 Å². The molecule has 0 bridgehead atoms. The van der Waals surface area contributed by atoms with E-state index in [1.807, 2.05) is 61.7 Å². The Bertz CT molecular complexity index is 1210. The summed E-state index contributed by atoms with van der Waals surface area (Å²) in [5.41, 5.74) is 3.48. The molecule has 3 aromatic heterocycles. The van der Waals surface area contributed by atoms with Crippen molar-refractivity contribution < 1.29 is 4.52 Å². The van der Waals surface area contributed by atoms with Crippen molar-refractivity contribution in [1.29, 1.82) is 0 Å². The molecule has 4 aromatic rings. The minimum absolute atomic E-state index is 0.0905. The zero-order valence-corrected chi connectivity index (χ0v) is 16.7. The Morgan fingerprint density at radius 3 is 2.72 bits per heavy atom. The highest BCUT2D eigenvalue weighted by Crippen LogP contribution is 2.29. The van der Waals surface area contributed by atoms with Gasteiger partial charge in [0.1, 0.15) is 5.69 Å². The lowest BCUT2D eigenvalue weighted by Crippen LogP contribution is -2.24. The molecule has 29 heavy (non-hydrogen) atoms. The van der Waals surface area contributed by atoms with Gasteiger partial charge in [-0.1, -0.05) is 28.9 Å². The van der Waals surface area contributed by atoms with E-state index in [2.05, 4.69) is 26.4 Å². The summed E-state index contributed by atoms with van der Waals surface area (Å²) in [5, 5.41) is 12.8. The summed E-state index contributed by atoms with van der Waals surface area (Å²) in [7, 11) is 3.80. The standard InChI is InChI=1S/C21H22N6O2/c1-13-6-5-7-15(10-13)18-12-17(25-29-18)14(2)26(3)21-24-23-20(27(21)4)16-8-9-22-19(28)11-16/h5-12,14H,1-4H3,(H,22,28)/t14-/m0/s1. The molecule has 4 rings (SSSR count). The number of aryl methyl sites for hydroxylation is 1. The quantitative estimate of drug-likeness (QED) is 0.562. The first-order valence-corrected chi connectivity index (χ1v) is 9.29. The minimum Gasteiger partial charge on any atom is -0.356 e. The normalized spacial score (nSPS) is 12.1. The molecule has 0 spiro atoms. The van der Waals surface area contributed by atoms with Crippen LogP contribution >= 0.6 is 0 Å². The Kier molecular flexibility index (Phi) is 4.75. The third-order valence-corrected chi connectivity index (χ3v) is 5.04. The predicted molar refractivity (Wildman–Crippen MR) is 111 cm³/mol. The zero-order valence-electron chi connectivity index (χ0n) is 16.7. The van der Waals surface area contributed by atoms with E-state index < -0.39 is 0 Å². The van der Waals surface area contributed by atoms with E-state index in [1.165, 1.54) is 6.07 Å². The first-order valence-electron chi connectivity index (χ1n) is 9.29. The number of nitrogens with zero attached hydrogens (tertiary/aromatic N) is 5. The summed E-state index contributed by atoms with van der Waals surface area (Å²) in [6.07, 6.45) is 1.60. The monoisotopic (exact) mass is 390 g/mol. The molecule has 0 aliphatic carbocycles. The second kappa shape index (κ2) is 7.38. The van der Waals surface area contributed by atoms with Crippen molar-refractivity contribution in [3.8, 4) is 22.7 Å². The Morgan fingerprint density at radius 2 is 1.97 bits per heavy atom.